The number of benzene rings is 1. The summed E-state index contributed by atoms with van der Waals surface area (Å²) >= 11 is 0. The molecule has 1 aromatic rings. The van der Waals surface area contributed by atoms with Gasteiger partial charge in [-0.3, -0.25) is 14.4 Å². The van der Waals surface area contributed by atoms with Crippen LogP contribution in [0.5, 0.6) is 0 Å². The highest BCUT2D eigenvalue weighted by Crippen LogP contribution is 2.31. The number of allylic oxidation sites excluding steroid dienone is 1. The van der Waals surface area contributed by atoms with E-state index in [1.54, 1.807) is 32.9 Å². The van der Waals surface area contributed by atoms with E-state index in [-0.39, 0.29) is 49.5 Å². The number of hydrogen-bond acceptors (Lipinski definition) is 5. The first-order valence-electron chi connectivity index (χ1n) is 11.6. The van der Waals surface area contributed by atoms with E-state index in [0.29, 0.717) is 24.0 Å². The van der Waals surface area contributed by atoms with Crippen LogP contribution in [0, 0.1) is 5.92 Å². The van der Waals surface area contributed by atoms with Gasteiger partial charge >= 0.3 is 12.1 Å². The third kappa shape index (κ3) is 6.80. The van der Waals surface area contributed by atoms with Crippen LogP contribution in [0.4, 0.5) is 9.18 Å². The van der Waals surface area contributed by atoms with E-state index in [1.807, 2.05) is 6.07 Å². The Bertz CT molecular complexity index is 1050. The van der Waals surface area contributed by atoms with Gasteiger partial charge in [-0.15, -0.1) is 0 Å². The molecule has 0 spiro atoms. The number of rotatable bonds is 8. The zero-order valence-electron chi connectivity index (χ0n) is 20.2. The van der Waals surface area contributed by atoms with Gasteiger partial charge in [0.2, 0.25) is 5.91 Å². The first-order valence-corrected chi connectivity index (χ1v) is 11.6. The predicted molar refractivity (Wildman–Crippen MR) is 125 cm³/mol. The average Bonchev–Trinajstić information content (AvgIpc) is 3.04. The van der Waals surface area contributed by atoms with Crippen LogP contribution in [-0.2, 0) is 27.3 Å². The quantitative estimate of drug-likeness (QED) is 0.513. The van der Waals surface area contributed by atoms with Gasteiger partial charge in [-0.05, 0) is 63.3 Å². The smallest absolute Gasteiger partial charge is 0.407 e. The number of carbonyl (C=O) groups excluding carboxylic acids is 3. The number of carbonyl (C=O) groups is 4. The number of alkyl carbamates (subject to hydrolysis) is 1. The maximum Gasteiger partial charge on any atom is 0.407 e. The van der Waals surface area contributed by atoms with Crippen LogP contribution < -0.4 is 11.1 Å². The van der Waals surface area contributed by atoms with Gasteiger partial charge in [-0.1, -0.05) is 12.1 Å². The summed E-state index contributed by atoms with van der Waals surface area (Å²) in [6, 6.07) is 3.91. The van der Waals surface area contributed by atoms with Gasteiger partial charge < -0.3 is 25.8 Å². The first kappa shape index (κ1) is 26.2. The Morgan fingerprint density at radius 2 is 2.03 bits per heavy atom. The maximum absolute atomic E-state index is 14.1. The van der Waals surface area contributed by atoms with Crippen LogP contribution >= 0.6 is 0 Å². The number of nitrogens with zero attached hydrogens (tertiary/aromatic N) is 1. The van der Waals surface area contributed by atoms with Crippen molar-refractivity contribution >= 4 is 23.9 Å². The second-order valence-electron chi connectivity index (χ2n) is 10.0. The summed E-state index contributed by atoms with van der Waals surface area (Å²) in [6.07, 6.45) is 1.70. The summed E-state index contributed by atoms with van der Waals surface area (Å²) in [7, 11) is 0. The zero-order valence-corrected chi connectivity index (χ0v) is 20.2. The molecule has 2 aliphatic rings. The molecule has 1 heterocycles. The summed E-state index contributed by atoms with van der Waals surface area (Å²) in [4.78, 5) is 49.3. The molecule has 1 aliphatic heterocycles. The molecule has 1 aromatic carbocycles. The van der Waals surface area contributed by atoms with Crippen LogP contribution in [0.3, 0.4) is 0 Å². The lowest BCUT2D eigenvalue weighted by molar-refractivity contribution is -0.137. The summed E-state index contributed by atoms with van der Waals surface area (Å²) in [5.74, 6) is -2.76. The predicted octanol–water partition coefficient (Wildman–Crippen LogP) is 3.06. The summed E-state index contributed by atoms with van der Waals surface area (Å²) in [6.45, 7) is 5.43. The molecule has 35 heavy (non-hydrogen) atoms. The molecule has 10 heteroatoms. The normalized spacial score (nSPS) is 20.6. The minimum Gasteiger partial charge on any atom is -0.481 e. The zero-order chi connectivity index (χ0) is 25.9. The van der Waals surface area contributed by atoms with Gasteiger partial charge in [0.05, 0.1) is 5.83 Å². The fourth-order valence-corrected chi connectivity index (χ4v) is 4.54. The third-order valence-corrected chi connectivity index (χ3v) is 6.12. The third-order valence-electron chi connectivity index (χ3n) is 6.12. The van der Waals surface area contributed by atoms with E-state index in [2.05, 4.69) is 5.32 Å². The van der Waals surface area contributed by atoms with Crippen LogP contribution in [0.2, 0.25) is 0 Å². The second-order valence-corrected chi connectivity index (χ2v) is 10.0. The SMILES string of the molecule is CC(C)(C)OC(=O)N[C@H]1CCC(F)=C[C@@H]1Cc1ccc2c(c1)CN([C@@H](CCC(=O)O)C(N)=O)C2=O. The topological polar surface area (TPSA) is 139 Å². The highest BCUT2D eigenvalue weighted by atomic mass is 19.1. The molecule has 1 aliphatic carbocycles. The highest BCUT2D eigenvalue weighted by Gasteiger charge is 2.36. The molecule has 0 aromatic heterocycles. The first-order chi connectivity index (χ1) is 16.3. The van der Waals surface area contributed by atoms with Crippen molar-refractivity contribution in [1.82, 2.24) is 10.2 Å². The van der Waals surface area contributed by atoms with Gasteiger partial charge in [0.15, 0.2) is 0 Å². The molecular weight excluding hydrogens is 457 g/mol. The molecule has 0 unspecified atom stereocenters. The van der Waals surface area contributed by atoms with Gasteiger partial charge in [0.1, 0.15) is 11.6 Å². The van der Waals surface area contributed by atoms with Gasteiger partial charge in [0.25, 0.3) is 5.91 Å². The molecule has 0 fully saturated rings. The number of ether oxygens (including phenoxy) is 1. The molecule has 0 saturated carbocycles. The second kappa shape index (κ2) is 10.5. The number of halogens is 1. The van der Waals surface area contributed by atoms with Crippen molar-refractivity contribution in [1.29, 1.82) is 0 Å². The maximum atomic E-state index is 14.1. The number of primary amides is 1. The fourth-order valence-electron chi connectivity index (χ4n) is 4.54. The van der Waals surface area contributed by atoms with Crippen LogP contribution in [-0.4, -0.2) is 51.6 Å². The average molecular weight is 490 g/mol. The Balaban J connectivity index is 1.75. The fraction of sp³-hybridized carbons (Fsp3) is 0.520. The molecule has 3 amide bonds. The number of carboxylic acids is 1. The van der Waals surface area contributed by atoms with Crippen molar-refractivity contribution in [3.63, 3.8) is 0 Å². The summed E-state index contributed by atoms with van der Waals surface area (Å²) < 4.78 is 19.5. The highest BCUT2D eigenvalue weighted by molar-refractivity contribution is 6.01. The van der Waals surface area contributed by atoms with E-state index in [1.165, 1.54) is 11.0 Å². The number of amides is 3. The lowest BCUT2D eigenvalue weighted by atomic mass is 9.84. The van der Waals surface area contributed by atoms with Crippen LogP contribution in [0.1, 0.15) is 67.9 Å². The van der Waals surface area contributed by atoms with E-state index < -0.39 is 29.6 Å². The Morgan fingerprint density at radius 1 is 1.31 bits per heavy atom. The molecule has 3 rings (SSSR count). The van der Waals surface area contributed by atoms with Gasteiger partial charge in [-0.2, -0.15) is 0 Å². The Kier molecular flexibility index (Phi) is 7.82. The number of aliphatic carboxylic acids is 1. The number of nitrogens with one attached hydrogen (secondary N) is 1. The van der Waals surface area contributed by atoms with Crippen LogP contribution in [0.15, 0.2) is 30.1 Å². The minimum atomic E-state index is -1.08. The largest absolute Gasteiger partial charge is 0.481 e. The molecule has 9 nitrogen and oxygen atoms in total. The number of nitrogens with two attached hydrogens (primary N) is 1. The van der Waals surface area contributed by atoms with Crippen molar-refractivity contribution in [2.24, 2.45) is 11.7 Å². The van der Waals surface area contributed by atoms with Crippen molar-refractivity contribution in [2.75, 3.05) is 0 Å². The minimum absolute atomic E-state index is 0.0680. The molecule has 0 radical (unpaired) electrons. The Morgan fingerprint density at radius 3 is 2.66 bits per heavy atom. The number of hydrogen-bond donors (Lipinski definition) is 3. The molecule has 3 atom stereocenters. The van der Waals surface area contributed by atoms with Gasteiger partial charge in [0, 0.05) is 36.9 Å². The number of fused-ring (bicyclic) bond motifs is 1. The van der Waals surface area contributed by atoms with Crippen molar-refractivity contribution in [2.45, 2.75) is 77.1 Å². The molecule has 190 valence electrons. The standard InChI is InChI=1S/C25H32FN3O6/c1-25(2,3)35-24(34)28-19-7-5-17(26)12-15(19)10-14-4-6-18-16(11-14)13-29(23(18)33)20(22(27)32)8-9-21(30)31/h4,6,11-12,15,19-20H,5,7-10,13H2,1-3H3,(H2,27,32)(H,28,34)(H,30,31)/t15-,19-,20-/m0/s1. The van der Waals surface area contributed by atoms with E-state index in [9.17, 15) is 23.6 Å². The van der Waals surface area contributed by atoms with Crippen molar-refractivity contribution in [3.8, 4) is 0 Å². The van der Waals surface area contributed by atoms with Crippen molar-refractivity contribution < 1.29 is 33.4 Å². The van der Waals surface area contributed by atoms with E-state index in [4.69, 9.17) is 15.6 Å². The molecule has 0 saturated heterocycles. The van der Waals surface area contributed by atoms with Gasteiger partial charge in [-0.25, -0.2) is 9.18 Å². The van der Waals surface area contributed by atoms with E-state index >= 15 is 0 Å². The van der Waals surface area contributed by atoms with Crippen molar-refractivity contribution in [3.05, 3.63) is 46.8 Å². The summed E-state index contributed by atoms with van der Waals surface area (Å²) in [5, 5.41) is 11.8. The lowest BCUT2D eigenvalue weighted by Crippen LogP contribution is -2.45. The van der Waals surface area contributed by atoms with E-state index in [0.717, 1.165) is 5.56 Å². The Hall–Kier alpha value is -3.43. The monoisotopic (exact) mass is 489 g/mol. The van der Waals surface area contributed by atoms with Crippen LogP contribution in [0.25, 0.3) is 0 Å². The molecule has 4 N–H and O–H groups in total. The Labute approximate surface area is 203 Å². The summed E-state index contributed by atoms with van der Waals surface area (Å²) in [5.41, 5.74) is 6.74. The molecular formula is C25H32FN3O6. The molecule has 0 bridgehead atoms. The number of carboxylic acid groups (broad SMARTS) is 1. The lowest BCUT2D eigenvalue weighted by Gasteiger charge is -2.30.